The summed E-state index contributed by atoms with van der Waals surface area (Å²) in [4.78, 5) is 12.5. The van der Waals surface area contributed by atoms with Gasteiger partial charge in [-0.05, 0) is 31.0 Å². The molecule has 0 heterocycles. The molecule has 1 fully saturated rings. The topological polar surface area (TPSA) is 52.3 Å². The standard InChI is InChI=1S/C14H18FNO2/c1-18-12-6-5-10(15)9-11(12)13(17)14(16)7-3-2-4-8-14/h5-6,9H,2-4,7-8,16H2,1H3. The number of nitrogens with two attached hydrogens (primary N) is 1. The van der Waals surface area contributed by atoms with Crippen LogP contribution in [-0.4, -0.2) is 18.4 Å². The van der Waals surface area contributed by atoms with E-state index in [4.69, 9.17) is 10.5 Å². The van der Waals surface area contributed by atoms with Crippen molar-refractivity contribution >= 4 is 5.78 Å². The SMILES string of the molecule is COc1ccc(F)cc1C(=O)C1(N)CCCCC1. The third-order valence-corrected chi connectivity index (χ3v) is 3.60. The molecular weight excluding hydrogens is 233 g/mol. The number of benzene rings is 1. The molecule has 1 aromatic rings. The van der Waals surface area contributed by atoms with E-state index in [-0.39, 0.29) is 11.3 Å². The number of halogens is 1. The van der Waals surface area contributed by atoms with Crippen molar-refractivity contribution in [3.63, 3.8) is 0 Å². The highest BCUT2D eigenvalue weighted by Gasteiger charge is 2.37. The van der Waals surface area contributed by atoms with Gasteiger partial charge in [-0.25, -0.2) is 4.39 Å². The highest BCUT2D eigenvalue weighted by Crippen LogP contribution is 2.32. The van der Waals surface area contributed by atoms with Crippen LogP contribution in [0.2, 0.25) is 0 Å². The number of hydrogen-bond acceptors (Lipinski definition) is 3. The van der Waals surface area contributed by atoms with Gasteiger partial charge >= 0.3 is 0 Å². The quantitative estimate of drug-likeness (QED) is 0.840. The van der Waals surface area contributed by atoms with Crippen molar-refractivity contribution in [2.45, 2.75) is 37.6 Å². The first-order valence-electron chi connectivity index (χ1n) is 6.24. The van der Waals surface area contributed by atoms with Gasteiger partial charge in [0.25, 0.3) is 0 Å². The number of ketones is 1. The van der Waals surface area contributed by atoms with Crippen LogP contribution in [0.4, 0.5) is 4.39 Å². The monoisotopic (exact) mass is 251 g/mol. The second-order valence-corrected chi connectivity index (χ2v) is 4.89. The van der Waals surface area contributed by atoms with E-state index >= 15 is 0 Å². The summed E-state index contributed by atoms with van der Waals surface area (Å²) in [6.45, 7) is 0. The fourth-order valence-electron chi connectivity index (χ4n) is 2.54. The third kappa shape index (κ3) is 2.38. The van der Waals surface area contributed by atoms with Crippen molar-refractivity contribution in [3.05, 3.63) is 29.6 Å². The summed E-state index contributed by atoms with van der Waals surface area (Å²) < 4.78 is 18.4. The maximum Gasteiger partial charge on any atom is 0.186 e. The van der Waals surface area contributed by atoms with Crippen molar-refractivity contribution < 1.29 is 13.9 Å². The van der Waals surface area contributed by atoms with E-state index in [0.717, 1.165) is 19.3 Å². The molecule has 1 aromatic carbocycles. The van der Waals surface area contributed by atoms with E-state index in [2.05, 4.69) is 0 Å². The molecule has 0 bridgehead atoms. The van der Waals surface area contributed by atoms with Crippen molar-refractivity contribution in [2.75, 3.05) is 7.11 Å². The van der Waals surface area contributed by atoms with Crippen LogP contribution in [0.15, 0.2) is 18.2 Å². The minimum Gasteiger partial charge on any atom is -0.496 e. The summed E-state index contributed by atoms with van der Waals surface area (Å²) >= 11 is 0. The molecule has 1 aliphatic rings. The van der Waals surface area contributed by atoms with Crippen LogP contribution < -0.4 is 10.5 Å². The summed E-state index contributed by atoms with van der Waals surface area (Å²) in [5.74, 6) is -0.270. The predicted molar refractivity (Wildman–Crippen MR) is 67.3 cm³/mol. The molecule has 0 amide bonds. The van der Waals surface area contributed by atoms with E-state index in [9.17, 15) is 9.18 Å². The number of rotatable bonds is 3. The zero-order valence-electron chi connectivity index (χ0n) is 10.5. The minimum atomic E-state index is -0.862. The summed E-state index contributed by atoms with van der Waals surface area (Å²) in [5, 5.41) is 0. The minimum absolute atomic E-state index is 0.210. The first kappa shape index (κ1) is 13.0. The Morgan fingerprint density at radius 2 is 2.00 bits per heavy atom. The van der Waals surface area contributed by atoms with Gasteiger partial charge in [0.15, 0.2) is 5.78 Å². The molecule has 18 heavy (non-hydrogen) atoms. The van der Waals surface area contributed by atoms with Gasteiger partial charge in [-0.15, -0.1) is 0 Å². The van der Waals surface area contributed by atoms with Crippen LogP contribution in [0.25, 0.3) is 0 Å². The molecule has 0 radical (unpaired) electrons. The maximum atomic E-state index is 13.3. The van der Waals surface area contributed by atoms with Gasteiger partial charge in [0.05, 0.1) is 18.2 Å². The molecule has 3 nitrogen and oxygen atoms in total. The second kappa shape index (κ2) is 5.06. The molecule has 0 aliphatic heterocycles. The molecule has 0 atom stereocenters. The van der Waals surface area contributed by atoms with Crippen LogP contribution in [0, 0.1) is 5.82 Å². The second-order valence-electron chi connectivity index (χ2n) is 4.89. The molecule has 2 N–H and O–H groups in total. The Kier molecular flexibility index (Phi) is 3.66. The highest BCUT2D eigenvalue weighted by molar-refractivity contribution is 6.05. The van der Waals surface area contributed by atoms with Gasteiger partial charge in [-0.2, -0.15) is 0 Å². The lowest BCUT2D eigenvalue weighted by Crippen LogP contribution is -2.49. The van der Waals surface area contributed by atoms with E-state index in [1.165, 1.54) is 25.3 Å². The van der Waals surface area contributed by atoms with Crippen molar-refractivity contribution in [3.8, 4) is 5.75 Å². The Hall–Kier alpha value is -1.42. The fraction of sp³-hybridized carbons (Fsp3) is 0.500. The molecule has 0 saturated heterocycles. The smallest absolute Gasteiger partial charge is 0.186 e. The molecule has 4 heteroatoms. The summed E-state index contributed by atoms with van der Waals surface area (Å²) in [6.07, 6.45) is 4.31. The zero-order valence-corrected chi connectivity index (χ0v) is 10.5. The third-order valence-electron chi connectivity index (χ3n) is 3.60. The van der Waals surface area contributed by atoms with Gasteiger partial charge in [-0.1, -0.05) is 19.3 Å². The van der Waals surface area contributed by atoms with Crippen molar-refractivity contribution in [2.24, 2.45) is 5.73 Å². The van der Waals surface area contributed by atoms with Crippen molar-refractivity contribution in [1.29, 1.82) is 0 Å². The van der Waals surface area contributed by atoms with Crippen molar-refractivity contribution in [1.82, 2.24) is 0 Å². The lowest BCUT2D eigenvalue weighted by Gasteiger charge is -2.32. The van der Waals surface area contributed by atoms with Gasteiger partial charge < -0.3 is 10.5 Å². The number of ether oxygens (including phenoxy) is 1. The Morgan fingerprint density at radius 1 is 1.33 bits per heavy atom. The first-order valence-corrected chi connectivity index (χ1v) is 6.24. The van der Waals surface area contributed by atoms with Gasteiger partial charge in [0.2, 0.25) is 0 Å². The largest absolute Gasteiger partial charge is 0.496 e. The molecular formula is C14H18FNO2. The lowest BCUT2D eigenvalue weighted by atomic mass is 9.77. The molecule has 2 rings (SSSR count). The molecule has 1 aliphatic carbocycles. The highest BCUT2D eigenvalue weighted by atomic mass is 19.1. The Balaban J connectivity index is 2.35. The fourth-order valence-corrected chi connectivity index (χ4v) is 2.54. The number of carbonyl (C=O) groups excluding carboxylic acids is 1. The number of carbonyl (C=O) groups is 1. The van der Waals surface area contributed by atoms with E-state index in [0.29, 0.717) is 18.6 Å². The Bertz CT molecular complexity index is 453. The van der Waals surface area contributed by atoms with Crippen LogP contribution in [0.5, 0.6) is 5.75 Å². The molecule has 98 valence electrons. The number of Topliss-reactive ketones (excluding diaryl/α,β-unsaturated/α-hetero) is 1. The molecule has 0 spiro atoms. The average molecular weight is 251 g/mol. The van der Waals surface area contributed by atoms with Crippen LogP contribution >= 0.6 is 0 Å². The van der Waals surface area contributed by atoms with Gasteiger partial charge in [0.1, 0.15) is 11.6 Å². The average Bonchev–Trinajstić information content (AvgIpc) is 2.38. The number of hydrogen-bond donors (Lipinski definition) is 1. The van der Waals surface area contributed by atoms with E-state index in [1.54, 1.807) is 0 Å². The zero-order chi connectivity index (χ0) is 13.2. The summed E-state index contributed by atoms with van der Waals surface area (Å²) in [6, 6.07) is 3.96. The Labute approximate surface area is 106 Å². The van der Waals surface area contributed by atoms with Crippen LogP contribution in [0.3, 0.4) is 0 Å². The lowest BCUT2D eigenvalue weighted by molar-refractivity contribution is 0.0844. The van der Waals surface area contributed by atoms with Gasteiger partial charge in [0, 0.05) is 0 Å². The molecule has 0 unspecified atom stereocenters. The normalized spacial score (nSPS) is 18.4. The molecule has 0 aromatic heterocycles. The summed E-state index contributed by atoms with van der Waals surface area (Å²) in [7, 11) is 1.47. The van der Waals surface area contributed by atoms with Crippen LogP contribution in [0.1, 0.15) is 42.5 Å². The van der Waals surface area contributed by atoms with Crippen LogP contribution in [-0.2, 0) is 0 Å². The number of methoxy groups -OCH3 is 1. The Morgan fingerprint density at radius 3 is 2.61 bits per heavy atom. The van der Waals surface area contributed by atoms with E-state index < -0.39 is 11.4 Å². The first-order chi connectivity index (χ1) is 8.57. The predicted octanol–water partition coefficient (Wildman–Crippen LogP) is 2.68. The summed E-state index contributed by atoms with van der Waals surface area (Å²) in [5.41, 5.74) is 5.57. The van der Waals surface area contributed by atoms with E-state index in [1.807, 2.05) is 0 Å². The molecule has 1 saturated carbocycles. The van der Waals surface area contributed by atoms with Gasteiger partial charge in [-0.3, -0.25) is 4.79 Å². The maximum absolute atomic E-state index is 13.3.